The maximum Gasteiger partial charge on any atom is 0.234 e. The number of thioether (sulfide) groups is 1. The van der Waals surface area contributed by atoms with Crippen LogP contribution in [0.1, 0.15) is 42.3 Å². The molecule has 9 nitrogen and oxygen atoms in total. The van der Waals surface area contributed by atoms with E-state index in [1.54, 1.807) is 11.0 Å². The Balaban J connectivity index is 1.40. The van der Waals surface area contributed by atoms with Crippen molar-refractivity contribution in [2.24, 2.45) is 5.73 Å². The fourth-order valence-electron chi connectivity index (χ4n) is 4.51. The fourth-order valence-corrected chi connectivity index (χ4v) is 6.19. The number of carbonyl (C=O) groups is 2. The van der Waals surface area contributed by atoms with Crippen LogP contribution in [0.2, 0.25) is 0 Å². The Labute approximate surface area is 222 Å². The van der Waals surface area contributed by atoms with Crippen molar-refractivity contribution in [2.75, 3.05) is 16.0 Å². The molecule has 0 fully saturated rings. The van der Waals surface area contributed by atoms with Gasteiger partial charge in [-0.3, -0.25) is 14.5 Å². The lowest BCUT2D eigenvalue weighted by Gasteiger charge is -2.37. The van der Waals surface area contributed by atoms with Crippen molar-refractivity contribution < 1.29 is 14.0 Å². The van der Waals surface area contributed by atoms with Crippen molar-refractivity contribution in [2.45, 2.75) is 43.4 Å². The lowest BCUT2D eigenvalue weighted by Crippen LogP contribution is -2.38. The summed E-state index contributed by atoms with van der Waals surface area (Å²) in [7, 11) is 0. The maximum absolute atomic E-state index is 13.1. The van der Waals surface area contributed by atoms with Crippen LogP contribution in [0, 0.1) is 25.2 Å². The summed E-state index contributed by atoms with van der Waals surface area (Å²) >= 11 is 2.52. The van der Waals surface area contributed by atoms with Gasteiger partial charge in [0, 0.05) is 23.4 Å². The van der Waals surface area contributed by atoms with Gasteiger partial charge in [0.1, 0.15) is 17.3 Å². The van der Waals surface area contributed by atoms with Gasteiger partial charge in [-0.1, -0.05) is 40.8 Å². The second kappa shape index (κ2) is 10.2. The zero-order valence-electron chi connectivity index (χ0n) is 20.3. The van der Waals surface area contributed by atoms with Crippen LogP contribution in [-0.4, -0.2) is 27.6 Å². The molecule has 0 radical (unpaired) electrons. The Morgan fingerprint density at radius 2 is 2.03 bits per heavy atom. The number of allylic oxidation sites excluding steroid dienone is 3. The number of anilines is 2. The van der Waals surface area contributed by atoms with Crippen LogP contribution in [0.15, 0.2) is 67.8 Å². The Hall–Kier alpha value is -3.88. The summed E-state index contributed by atoms with van der Waals surface area (Å²) in [6, 6.07) is 13.4. The summed E-state index contributed by atoms with van der Waals surface area (Å²) in [5.74, 6) is 0.740. The largest absolute Gasteiger partial charge is 0.465 e. The molecule has 3 aromatic rings. The lowest BCUT2D eigenvalue weighted by atomic mass is 9.78. The number of benzene rings is 1. The van der Waals surface area contributed by atoms with Crippen LogP contribution in [0.5, 0.6) is 0 Å². The number of nitriles is 1. The summed E-state index contributed by atoms with van der Waals surface area (Å²) in [5, 5.41) is 21.9. The minimum atomic E-state index is -0.648. The molecule has 0 saturated heterocycles. The first-order chi connectivity index (χ1) is 17.9. The highest BCUT2D eigenvalue weighted by atomic mass is 32.2. The molecule has 5 rings (SSSR count). The summed E-state index contributed by atoms with van der Waals surface area (Å²) in [6.45, 7) is 3.80. The molecule has 188 valence electrons. The third-order valence-corrected chi connectivity index (χ3v) is 8.25. The Kier molecular flexibility index (Phi) is 6.86. The van der Waals surface area contributed by atoms with Gasteiger partial charge in [-0.2, -0.15) is 5.26 Å². The second-order valence-electron chi connectivity index (χ2n) is 8.82. The molecule has 3 heterocycles. The van der Waals surface area contributed by atoms with Crippen LogP contribution in [0.3, 0.4) is 0 Å². The van der Waals surface area contributed by atoms with E-state index < -0.39 is 5.92 Å². The Bertz CT molecular complexity index is 1480. The second-order valence-corrected chi connectivity index (χ2v) is 11.0. The molecule has 0 spiro atoms. The van der Waals surface area contributed by atoms with E-state index in [1.165, 1.54) is 23.1 Å². The van der Waals surface area contributed by atoms with Crippen molar-refractivity contribution in [3.05, 3.63) is 76.1 Å². The Morgan fingerprint density at radius 1 is 1.24 bits per heavy atom. The molecule has 1 unspecified atom stereocenters. The van der Waals surface area contributed by atoms with Gasteiger partial charge in [-0.05, 0) is 51.0 Å². The number of Topliss-reactive ketones (excluding diaryl/α,β-unsaturated/α-hetero) is 1. The molecule has 1 aromatic carbocycles. The molecule has 2 aromatic heterocycles. The third-order valence-electron chi connectivity index (χ3n) is 6.21. The standard InChI is InChI=1S/C26H24N6O3S2/c1-14-6-9-16(10-7-14)29-21(34)13-36-26-31-30-25(37-26)32-18-4-3-5-19(33)23(18)22(17(12-27)24(32)28)20-11-8-15(2)35-20/h6-11,22H,3-5,13,28H2,1-2H3,(H,29,34). The van der Waals surface area contributed by atoms with Crippen molar-refractivity contribution in [3.63, 3.8) is 0 Å². The summed E-state index contributed by atoms with van der Waals surface area (Å²) in [6.07, 6.45) is 1.68. The predicted octanol–water partition coefficient (Wildman–Crippen LogP) is 4.78. The Morgan fingerprint density at radius 3 is 2.73 bits per heavy atom. The van der Waals surface area contributed by atoms with E-state index in [1.807, 2.05) is 44.2 Å². The SMILES string of the molecule is Cc1ccc(NC(=O)CSc2nnc(N3C(N)=C(C#N)C(c4ccc(C)o4)C4=C3CCCC4=O)s2)cc1. The van der Waals surface area contributed by atoms with Gasteiger partial charge in [0.25, 0.3) is 0 Å². The highest BCUT2D eigenvalue weighted by Crippen LogP contribution is 2.47. The zero-order valence-corrected chi connectivity index (χ0v) is 21.9. The lowest BCUT2D eigenvalue weighted by molar-refractivity contribution is -0.116. The monoisotopic (exact) mass is 532 g/mol. The molecule has 1 aliphatic carbocycles. The average Bonchev–Trinajstić information content (AvgIpc) is 3.52. The number of carbonyl (C=O) groups excluding carboxylic acids is 2. The van der Waals surface area contributed by atoms with Crippen LogP contribution in [0.25, 0.3) is 0 Å². The van der Waals surface area contributed by atoms with Gasteiger partial charge in [-0.15, -0.1) is 10.2 Å². The quantitative estimate of drug-likeness (QED) is 0.429. The number of aromatic nitrogens is 2. The van der Waals surface area contributed by atoms with Gasteiger partial charge in [0.05, 0.1) is 23.3 Å². The third kappa shape index (κ3) is 4.90. The number of furan rings is 1. The zero-order chi connectivity index (χ0) is 26.1. The maximum atomic E-state index is 13.1. The molecule has 1 atom stereocenters. The number of nitrogens with one attached hydrogen (secondary N) is 1. The minimum Gasteiger partial charge on any atom is -0.465 e. The molecular formula is C26H24N6O3S2. The van der Waals surface area contributed by atoms with Crippen LogP contribution >= 0.6 is 23.1 Å². The van der Waals surface area contributed by atoms with Crippen LogP contribution in [0.4, 0.5) is 10.8 Å². The molecule has 2 aliphatic rings. The van der Waals surface area contributed by atoms with Gasteiger partial charge in [0.2, 0.25) is 11.0 Å². The van der Waals surface area contributed by atoms with E-state index in [4.69, 9.17) is 10.2 Å². The number of rotatable bonds is 6. The number of hydrogen-bond acceptors (Lipinski definition) is 10. The number of aryl methyl sites for hydroxylation is 2. The number of nitrogens with two attached hydrogens (primary N) is 1. The van der Waals surface area contributed by atoms with E-state index in [2.05, 4.69) is 21.6 Å². The number of amides is 1. The summed E-state index contributed by atoms with van der Waals surface area (Å²) in [4.78, 5) is 27.2. The van der Waals surface area contributed by atoms with Crippen LogP contribution in [-0.2, 0) is 9.59 Å². The van der Waals surface area contributed by atoms with Crippen LogP contribution < -0.4 is 16.0 Å². The van der Waals surface area contributed by atoms with Crippen molar-refractivity contribution in [1.29, 1.82) is 5.26 Å². The fraction of sp³-hybridized carbons (Fsp3) is 0.269. The van der Waals surface area contributed by atoms with E-state index >= 15 is 0 Å². The van der Waals surface area contributed by atoms with E-state index in [-0.39, 0.29) is 28.8 Å². The molecule has 0 saturated carbocycles. The smallest absolute Gasteiger partial charge is 0.234 e. The molecule has 37 heavy (non-hydrogen) atoms. The van der Waals surface area contributed by atoms with Gasteiger partial charge >= 0.3 is 0 Å². The first-order valence-electron chi connectivity index (χ1n) is 11.7. The van der Waals surface area contributed by atoms with E-state index in [9.17, 15) is 14.9 Å². The summed E-state index contributed by atoms with van der Waals surface area (Å²) < 4.78 is 6.41. The molecule has 3 N–H and O–H groups in total. The van der Waals surface area contributed by atoms with Crippen molar-refractivity contribution in [3.8, 4) is 6.07 Å². The number of ketones is 1. The minimum absolute atomic E-state index is 0.0301. The predicted molar refractivity (Wildman–Crippen MR) is 142 cm³/mol. The van der Waals surface area contributed by atoms with Gasteiger partial charge in [-0.25, -0.2) is 0 Å². The number of nitrogens with zero attached hydrogens (tertiary/aromatic N) is 4. The molecule has 11 heteroatoms. The highest BCUT2D eigenvalue weighted by Gasteiger charge is 2.42. The highest BCUT2D eigenvalue weighted by molar-refractivity contribution is 8.01. The van der Waals surface area contributed by atoms with Crippen molar-refractivity contribution in [1.82, 2.24) is 10.2 Å². The van der Waals surface area contributed by atoms with E-state index in [0.29, 0.717) is 45.8 Å². The van der Waals surface area contributed by atoms with Gasteiger partial charge < -0.3 is 15.5 Å². The van der Waals surface area contributed by atoms with E-state index in [0.717, 1.165) is 16.9 Å². The number of hydrogen-bond donors (Lipinski definition) is 2. The first-order valence-corrected chi connectivity index (χ1v) is 13.5. The average molecular weight is 533 g/mol. The molecule has 0 bridgehead atoms. The molecule has 1 amide bonds. The van der Waals surface area contributed by atoms with Gasteiger partial charge in [0.15, 0.2) is 10.1 Å². The molecular weight excluding hydrogens is 508 g/mol. The first kappa shape index (κ1) is 24.8. The topological polar surface area (TPSA) is 138 Å². The molecule has 1 aliphatic heterocycles. The van der Waals surface area contributed by atoms with Crippen molar-refractivity contribution >= 4 is 45.6 Å². The summed E-state index contributed by atoms with van der Waals surface area (Å²) in [5.41, 5.74) is 9.87. The normalized spacial score (nSPS) is 17.6.